The number of pyridine rings is 1. The van der Waals surface area contributed by atoms with Crippen molar-refractivity contribution in [2.24, 2.45) is 15.4 Å². The number of allylic oxidation sites excluding steroid dienone is 4. The van der Waals surface area contributed by atoms with E-state index in [1.165, 1.54) is 0 Å². The monoisotopic (exact) mass is 499 g/mol. The maximum absolute atomic E-state index is 13.5. The number of aromatic amines is 1. The van der Waals surface area contributed by atoms with Gasteiger partial charge in [0.05, 0.1) is 46.4 Å². The average Bonchev–Trinajstić information content (AvgIpc) is 3.73. The fraction of sp³-hybridized carbons (Fsp3) is 0.167. The van der Waals surface area contributed by atoms with Gasteiger partial charge in [-0.15, -0.1) is 0 Å². The molecule has 0 spiro atoms. The lowest BCUT2D eigenvalue weighted by molar-refractivity contribution is -0.123. The van der Waals surface area contributed by atoms with Crippen LogP contribution in [0.25, 0.3) is 17.8 Å². The molecule has 2 N–H and O–H groups in total. The van der Waals surface area contributed by atoms with E-state index in [1.54, 1.807) is 18.7 Å². The van der Waals surface area contributed by atoms with Crippen molar-refractivity contribution in [3.05, 3.63) is 113 Å². The number of ketones is 1. The van der Waals surface area contributed by atoms with Gasteiger partial charge in [0.15, 0.2) is 5.78 Å². The van der Waals surface area contributed by atoms with E-state index >= 15 is 0 Å². The molecule has 2 atom stereocenters. The molecule has 7 heterocycles. The summed E-state index contributed by atoms with van der Waals surface area (Å²) in [6.07, 6.45) is 23.1. The number of nitrogens with zero attached hydrogens (tertiary/aromatic N) is 5. The number of hydrogen-bond donors (Lipinski definition) is 2. The Morgan fingerprint density at radius 2 is 1.87 bits per heavy atom. The van der Waals surface area contributed by atoms with Gasteiger partial charge in [-0.25, -0.2) is 9.98 Å². The minimum Gasteiger partial charge on any atom is -0.375 e. The van der Waals surface area contributed by atoms with Crippen molar-refractivity contribution in [3.63, 3.8) is 0 Å². The summed E-state index contributed by atoms with van der Waals surface area (Å²) >= 11 is 0. The van der Waals surface area contributed by atoms with Crippen LogP contribution in [-0.2, 0) is 10.3 Å². The molecule has 4 aliphatic rings. The molecule has 3 aromatic heterocycles. The Bertz CT molecular complexity index is 1790. The van der Waals surface area contributed by atoms with E-state index < -0.39 is 17.0 Å². The number of imidazole rings is 1. The molecule has 2 unspecified atom stereocenters. The molecule has 0 amide bonds. The van der Waals surface area contributed by atoms with Crippen LogP contribution in [0.15, 0.2) is 107 Å². The summed E-state index contributed by atoms with van der Waals surface area (Å²) in [7, 11) is 0. The number of aliphatic imine (C=N–C) groups is 2. The summed E-state index contributed by atoms with van der Waals surface area (Å²) in [5, 5.41) is 5.34. The van der Waals surface area contributed by atoms with Crippen LogP contribution in [0.2, 0.25) is 0 Å². The van der Waals surface area contributed by atoms with Crippen molar-refractivity contribution >= 4 is 29.4 Å². The molecule has 8 nitrogen and oxygen atoms in total. The molecular weight excluding hydrogens is 474 g/mol. The van der Waals surface area contributed by atoms with Crippen LogP contribution in [0.1, 0.15) is 19.5 Å². The second-order valence-electron chi connectivity index (χ2n) is 10.4. The zero-order valence-electron chi connectivity index (χ0n) is 21.0. The molecule has 7 rings (SSSR count). The summed E-state index contributed by atoms with van der Waals surface area (Å²) in [6, 6.07) is 7.42. The van der Waals surface area contributed by atoms with Crippen LogP contribution in [0.3, 0.4) is 0 Å². The van der Waals surface area contributed by atoms with Gasteiger partial charge in [-0.2, -0.15) is 0 Å². The molecule has 1 fully saturated rings. The molecule has 1 saturated heterocycles. The average molecular weight is 500 g/mol. The van der Waals surface area contributed by atoms with Crippen molar-refractivity contribution in [1.29, 1.82) is 0 Å². The fourth-order valence-electron chi connectivity index (χ4n) is 5.20. The Morgan fingerprint density at radius 1 is 1.03 bits per heavy atom. The Morgan fingerprint density at radius 3 is 2.68 bits per heavy atom. The van der Waals surface area contributed by atoms with E-state index in [-0.39, 0.29) is 5.78 Å². The molecule has 0 aliphatic carbocycles. The van der Waals surface area contributed by atoms with Gasteiger partial charge in [0.25, 0.3) is 0 Å². The number of rotatable bonds is 2. The predicted molar refractivity (Wildman–Crippen MR) is 147 cm³/mol. The zero-order valence-corrected chi connectivity index (χ0v) is 21.0. The normalized spacial score (nSPS) is 24.7. The predicted octanol–water partition coefficient (Wildman–Crippen LogP) is 2.42. The molecule has 8 bridgehead atoms. The van der Waals surface area contributed by atoms with E-state index in [0.29, 0.717) is 0 Å². The lowest BCUT2D eigenvalue weighted by Crippen LogP contribution is -2.27. The third kappa shape index (κ3) is 3.64. The van der Waals surface area contributed by atoms with Crippen molar-refractivity contribution in [2.45, 2.75) is 25.4 Å². The minimum atomic E-state index is -0.890. The first-order chi connectivity index (χ1) is 18.4. The Hall–Kier alpha value is -4.85. The van der Waals surface area contributed by atoms with Gasteiger partial charge in [0, 0.05) is 28.8 Å². The second-order valence-corrected chi connectivity index (χ2v) is 10.4. The highest BCUT2D eigenvalue weighted by molar-refractivity contribution is 6.20. The molecule has 3 aromatic rings. The van der Waals surface area contributed by atoms with Crippen LogP contribution < -0.4 is 16.0 Å². The number of H-pyrrole nitrogens is 1. The first-order valence-corrected chi connectivity index (χ1v) is 12.5. The quantitative estimate of drug-likeness (QED) is 0.566. The molecule has 4 aliphatic heterocycles. The number of aromatic nitrogens is 4. The van der Waals surface area contributed by atoms with Gasteiger partial charge in [-0.3, -0.25) is 14.8 Å². The first kappa shape index (κ1) is 22.4. The maximum Gasteiger partial charge on any atom is 0.170 e. The number of carbonyl (C=O) groups excluding carboxylic acids is 1. The van der Waals surface area contributed by atoms with Crippen molar-refractivity contribution in [1.82, 2.24) is 24.8 Å². The highest BCUT2D eigenvalue weighted by Crippen LogP contribution is 2.40. The number of fused-ring (bicyclic) bond motifs is 6. The molecule has 186 valence electrons. The second kappa shape index (κ2) is 8.08. The SMILES string of the molecule is CC1(C)C(=O)C2C=C3C=CC(=N3)C=c3ccc([nH]3)=CC3=NC(c4cn(-c5cccnc5)cn4)(C=C3)C=C1N2. The van der Waals surface area contributed by atoms with Crippen molar-refractivity contribution < 1.29 is 4.79 Å². The van der Waals surface area contributed by atoms with Gasteiger partial charge < -0.3 is 14.9 Å². The van der Waals surface area contributed by atoms with Crippen LogP contribution in [-0.4, -0.2) is 42.8 Å². The standard InChI is InChI=1S/C30H25N7O/c1-29(2)26-15-30(27-17-37(18-32-27)24-4-3-11-31-16-24)10-9-23(36-30)13-21-6-5-19(33-21)12-20-7-8-22(34-20)14-25(35-26)28(29)38/h3-18,25,33,35H,1-2H3. The summed E-state index contributed by atoms with van der Waals surface area (Å²) in [6.45, 7) is 3.90. The van der Waals surface area contributed by atoms with E-state index in [4.69, 9.17) is 15.0 Å². The van der Waals surface area contributed by atoms with E-state index in [0.717, 1.165) is 44.9 Å². The summed E-state index contributed by atoms with van der Waals surface area (Å²) in [4.78, 5) is 35.8. The maximum atomic E-state index is 13.5. The van der Waals surface area contributed by atoms with E-state index in [2.05, 4.69) is 15.3 Å². The number of carbonyl (C=O) groups is 1. The Balaban J connectivity index is 1.43. The van der Waals surface area contributed by atoms with E-state index in [9.17, 15) is 4.79 Å². The first-order valence-electron chi connectivity index (χ1n) is 12.5. The van der Waals surface area contributed by atoms with Gasteiger partial charge in [-0.1, -0.05) is 0 Å². The summed E-state index contributed by atoms with van der Waals surface area (Å²) < 4.78 is 1.93. The lowest BCUT2D eigenvalue weighted by Gasteiger charge is -2.23. The van der Waals surface area contributed by atoms with Crippen LogP contribution in [0, 0.1) is 5.41 Å². The Kier molecular flexibility index (Phi) is 4.75. The molecule has 38 heavy (non-hydrogen) atoms. The number of Topliss-reactive ketones (excluding diaryl/α,β-unsaturated/α-hetero) is 1. The number of nitrogens with one attached hydrogen (secondary N) is 2. The lowest BCUT2D eigenvalue weighted by atomic mass is 9.83. The van der Waals surface area contributed by atoms with Gasteiger partial charge in [-0.05, 0) is 86.7 Å². The largest absolute Gasteiger partial charge is 0.375 e. The molecule has 0 saturated carbocycles. The smallest absolute Gasteiger partial charge is 0.170 e. The molecule has 8 heteroatoms. The van der Waals surface area contributed by atoms with Crippen molar-refractivity contribution in [3.8, 4) is 5.69 Å². The van der Waals surface area contributed by atoms with Gasteiger partial charge in [0.1, 0.15) is 11.6 Å². The Labute approximate surface area is 219 Å². The third-order valence-electron chi connectivity index (χ3n) is 7.36. The molecule has 0 radical (unpaired) electrons. The number of hydrogen-bond acceptors (Lipinski definition) is 6. The highest BCUT2D eigenvalue weighted by Gasteiger charge is 2.46. The zero-order chi connectivity index (χ0) is 25.9. The fourth-order valence-corrected chi connectivity index (χ4v) is 5.20. The van der Waals surface area contributed by atoms with Crippen molar-refractivity contribution in [2.75, 3.05) is 0 Å². The van der Waals surface area contributed by atoms with Gasteiger partial charge >= 0.3 is 0 Å². The van der Waals surface area contributed by atoms with E-state index in [1.807, 2.05) is 97.5 Å². The topological polar surface area (TPSA) is 100 Å². The van der Waals surface area contributed by atoms with Gasteiger partial charge in [0.2, 0.25) is 0 Å². The van der Waals surface area contributed by atoms with Crippen LogP contribution in [0.4, 0.5) is 0 Å². The van der Waals surface area contributed by atoms with Crippen LogP contribution in [0.5, 0.6) is 0 Å². The molecular formula is C30H25N7O. The molecule has 0 aromatic carbocycles. The summed E-state index contributed by atoms with van der Waals surface area (Å²) in [5.41, 5.74) is 3.23. The van der Waals surface area contributed by atoms with Crippen LogP contribution >= 0.6 is 0 Å². The highest BCUT2D eigenvalue weighted by atomic mass is 16.1. The summed E-state index contributed by atoms with van der Waals surface area (Å²) in [5.74, 6) is 0.0870. The minimum absolute atomic E-state index is 0.0870. The third-order valence-corrected chi connectivity index (χ3v) is 7.36.